The van der Waals surface area contributed by atoms with E-state index >= 15 is 0 Å². The number of hydrogen-bond donors (Lipinski definition) is 0. The van der Waals surface area contributed by atoms with Crippen LogP contribution in [0.2, 0.25) is 0 Å². The Hall–Kier alpha value is -1.74. The molecule has 0 bridgehead atoms. The molecule has 0 N–H and O–H groups in total. The van der Waals surface area contributed by atoms with Gasteiger partial charge in [0.25, 0.3) is 0 Å². The average Bonchev–Trinajstić information content (AvgIpc) is 2.17. The van der Waals surface area contributed by atoms with Gasteiger partial charge in [-0.15, -0.1) is 6.42 Å². The van der Waals surface area contributed by atoms with E-state index in [2.05, 4.69) is 37.1 Å². The second-order valence-electron chi connectivity index (χ2n) is 3.12. The van der Waals surface area contributed by atoms with Gasteiger partial charge in [0.2, 0.25) is 0 Å². The van der Waals surface area contributed by atoms with Crippen molar-refractivity contribution in [2.75, 3.05) is 0 Å². The molecule has 0 unspecified atom stereocenters. The maximum absolute atomic E-state index is 5.43. The van der Waals surface area contributed by atoms with Gasteiger partial charge >= 0.3 is 0 Å². The van der Waals surface area contributed by atoms with E-state index < -0.39 is 0 Å². The van der Waals surface area contributed by atoms with Crippen molar-refractivity contribution in [2.24, 2.45) is 0 Å². The number of terminal acetylenes is 1. The number of hydrogen-bond acceptors (Lipinski definition) is 0. The molecule has 2 aromatic carbocycles. The summed E-state index contributed by atoms with van der Waals surface area (Å²) in [5.41, 5.74) is 2.22. The summed E-state index contributed by atoms with van der Waals surface area (Å²) in [6.45, 7) is 2.09. The van der Waals surface area contributed by atoms with Gasteiger partial charge in [0.15, 0.2) is 0 Å². The highest BCUT2D eigenvalue weighted by Gasteiger charge is 1.99. The fourth-order valence-electron chi connectivity index (χ4n) is 1.65. The van der Waals surface area contributed by atoms with Crippen LogP contribution >= 0.6 is 0 Å². The monoisotopic (exact) mass is 166 g/mol. The van der Waals surface area contributed by atoms with Crippen molar-refractivity contribution in [2.45, 2.75) is 6.92 Å². The summed E-state index contributed by atoms with van der Waals surface area (Å²) in [5.74, 6) is 2.71. The van der Waals surface area contributed by atoms with Crippen molar-refractivity contribution in [3.05, 3.63) is 47.5 Å². The fourth-order valence-corrected chi connectivity index (χ4v) is 1.65. The summed E-state index contributed by atoms with van der Waals surface area (Å²) < 4.78 is 0. The van der Waals surface area contributed by atoms with Crippen LogP contribution in [0.25, 0.3) is 10.8 Å². The Morgan fingerprint density at radius 3 is 2.46 bits per heavy atom. The normalized spacial score (nSPS) is 9.85. The summed E-state index contributed by atoms with van der Waals surface area (Å²) in [7, 11) is 0. The van der Waals surface area contributed by atoms with Gasteiger partial charge in [-0.2, -0.15) is 0 Å². The van der Waals surface area contributed by atoms with Crippen molar-refractivity contribution in [3.8, 4) is 12.3 Å². The molecule has 0 fully saturated rings. The van der Waals surface area contributed by atoms with Crippen LogP contribution in [0.5, 0.6) is 0 Å². The Morgan fingerprint density at radius 1 is 1.08 bits per heavy atom. The first-order chi connectivity index (χ1) is 6.33. The van der Waals surface area contributed by atoms with Gasteiger partial charge in [-0.25, -0.2) is 0 Å². The zero-order valence-corrected chi connectivity index (χ0v) is 7.54. The van der Waals surface area contributed by atoms with Crippen LogP contribution < -0.4 is 0 Å². The molecule has 2 aromatic rings. The molecule has 0 saturated carbocycles. The van der Waals surface area contributed by atoms with Gasteiger partial charge in [0.1, 0.15) is 0 Å². The molecule has 62 valence electrons. The SMILES string of the molecule is C#Cc1cccc2cccc(C)c12. The lowest BCUT2D eigenvalue weighted by molar-refractivity contribution is 1.52. The lowest BCUT2D eigenvalue weighted by Crippen LogP contribution is -1.82. The van der Waals surface area contributed by atoms with Crippen LogP contribution in [0.15, 0.2) is 36.4 Å². The van der Waals surface area contributed by atoms with E-state index in [1.165, 1.54) is 16.3 Å². The minimum absolute atomic E-state index is 0.982. The molecule has 2 rings (SSSR count). The Bertz CT molecular complexity index is 482. The molecule has 0 aliphatic carbocycles. The molecule has 0 nitrogen and oxygen atoms in total. The zero-order chi connectivity index (χ0) is 9.26. The number of fused-ring (bicyclic) bond motifs is 1. The highest BCUT2D eigenvalue weighted by atomic mass is 14.0. The fraction of sp³-hybridized carbons (Fsp3) is 0.0769. The molecule has 0 radical (unpaired) electrons. The van der Waals surface area contributed by atoms with Crippen molar-refractivity contribution < 1.29 is 0 Å². The molecule has 0 spiro atoms. The maximum Gasteiger partial charge on any atom is 0.0323 e. The summed E-state index contributed by atoms with van der Waals surface area (Å²) in [6, 6.07) is 12.3. The maximum atomic E-state index is 5.43. The Balaban J connectivity index is 2.97. The summed E-state index contributed by atoms with van der Waals surface area (Å²) >= 11 is 0. The van der Waals surface area contributed by atoms with Gasteiger partial charge in [-0.3, -0.25) is 0 Å². The smallest absolute Gasteiger partial charge is 0.0323 e. The summed E-state index contributed by atoms with van der Waals surface area (Å²) in [6.07, 6.45) is 5.43. The van der Waals surface area contributed by atoms with Gasteiger partial charge in [-0.1, -0.05) is 36.3 Å². The third-order valence-corrected chi connectivity index (χ3v) is 2.27. The van der Waals surface area contributed by atoms with E-state index in [0.717, 1.165) is 5.56 Å². The Morgan fingerprint density at radius 2 is 1.77 bits per heavy atom. The molecule has 0 aliphatic heterocycles. The van der Waals surface area contributed by atoms with Gasteiger partial charge in [0, 0.05) is 10.9 Å². The van der Waals surface area contributed by atoms with Crippen LogP contribution in [-0.4, -0.2) is 0 Å². The minimum Gasteiger partial charge on any atom is -0.115 e. The number of aryl methyl sites for hydroxylation is 1. The predicted octanol–water partition coefficient (Wildman–Crippen LogP) is 3.13. The third-order valence-electron chi connectivity index (χ3n) is 2.27. The van der Waals surface area contributed by atoms with E-state index in [-0.39, 0.29) is 0 Å². The van der Waals surface area contributed by atoms with Crippen molar-refractivity contribution in [1.82, 2.24) is 0 Å². The largest absolute Gasteiger partial charge is 0.115 e. The van der Waals surface area contributed by atoms with Gasteiger partial charge in [-0.05, 0) is 23.9 Å². The lowest BCUT2D eigenvalue weighted by atomic mass is 10.0. The van der Waals surface area contributed by atoms with Crippen LogP contribution in [-0.2, 0) is 0 Å². The summed E-state index contributed by atoms with van der Waals surface area (Å²) in [5, 5.41) is 2.42. The first-order valence-electron chi connectivity index (χ1n) is 4.28. The van der Waals surface area contributed by atoms with E-state index in [9.17, 15) is 0 Å². The summed E-state index contributed by atoms with van der Waals surface area (Å²) in [4.78, 5) is 0. The Kier molecular flexibility index (Phi) is 1.79. The van der Waals surface area contributed by atoms with Crippen molar-refractivity contribution >= 4 is 10.8 Å². The second kappa shape index (κ2) is 2.95. The molecular weight excluding hydrogens is 156 g/mol. The van der Waals surface area contributed by atoms with E-state index in [0.29, 0.717) is 0 Å². The van der Waals surface area contributed by atoms with Gasteiger partial charge < -0.3 is 0 Å². The van der Waals surface area contributed by atoms with Crippen LogP contribution in [0.4, 0.5) is 0 Å². The molecular formula is C13H10. The van der Waals surface area contributed by atoms with Crippen molar-refractivity contribution in [3.63, 3.8) is 0 Å². The highest BCUT2D eigenvalue weighted by Crippen LogP contribution is 2.21. The minimum atomic E-state index is 0.982. The molecule has 0 amide bonds. The standard InChI is InChI=1S/C13H10/c1-3-11-7-5-9-12-8-4-6-10(2)13(11)12/h1,4-9H,2H3. The molecule has 13 heavy (non-hydrogen) atoms. The third kappa shape index (κ3) is 1.19. The highest BCUT2D eigenvalue weighted by molar-refractivity contribution is 5.90. The van der Waals surface area contributed by atoms with Gasteiger partial charge in [0.05, 0.1) is 0 Å². The van der Waals surface area contributed by atoms with Crippen molar-refractivity contribution in [1.29, 1.82) is 0 Å². The number of rotatable bonds is 0. The van der Waals surface area contributed by atoms with Crippen LogP contribution in [0.1, 0.15) is 11.1 Å². The van der Waals surface area contributed by atoms with E-state index in [1.807, 2.05) is 12.1 Å². The van der Waals surface area contributed by atoms with Crippen LogP contribution in [0, 0.1) is 19.3 Å². The molecule has 0 heteroatoms. The molecule has 0 aromatic heterocycles. The van der Waals surface area contributed by atoms with E-state index in [1.54, 1.807) is 0 Å². The molecule has 0 aliphatic rings. The average molecular weight is 166 g/mol. The van der Waals surface area contributed by atoms with E-state index in [4.69, 9.17) is 6.42 Å². The first-order valence-corrected chi connectivity index (χ1v) is 4.28. The predicted molar refractivity (Wildman–Crippen MR) is 56.6 cm³/mol. The molecule has 0 atom stereocenters. The first kappa shape index (κ1) is 7.89. The lowest BCUT2D eigenvalue weighted by Gasteiger charge is -2.03. The second-order valence-corrected chi connectivity index (χ2v) is 3.12. The Labute approximate surface area is 78.2 Å². The zero-order valence-electron chi connectivity index (χ0n) is 7.54. The molecule has 0 saturated heterocycles. The van der Waals surface area contributed by atoms with Crippen LogP contribution in [0.3, 0.4) is 0 Å². The quantitative estimate of drug-likeness (QED) is 0.527. The molecule has 0 heterocycles. The topological polar surface area (TPSA) is 0 Å². The number of benzene rings is 2.